The minimum atomic E-state index is -0.497. The highest BCUT2D eigenvalue weighted by Gasteiger charge is 2.26. The molecule has 0 radical (unpaired) electrons. The highest BCUT2D eigenvalue weighted by molar-refractivity contribution is 5.98. The third-order valence-corrected chi connectivity index (χ3v) is 11.0. The Balaban J connectivity index is 0.887. The summed E-state index contributed by atoms with van der Waals surface area (Å²) in [6.45, 7) is 9.67. The Morgan fingerprint density at radius 3 is 1.81 bits per heavy atom. The number of esters is 4. The van der Waals surface area contributed by atoms with Crippen LogP contribution in [0.2, 0.25) is 0 Å². The lowest BCUT2D eigenvalue weighted by Crippen LogP contribution is -2.17. The summed E-state index contributed by atoms with van der Waals surface area (Å²) in [5.74, 6) is 0.881. The molecule has 0 spiro atoms. The van der Waals surface area contributed by atoms with Crippen molar-refractivity contribution in [3.8, 4) is 17.2 Å². The van der Waals surface area contributed by atoms with Gasteiger partial charge < -0.3 is 33.2 Å². The quantitative estimate of drug-likeness (QED) is 0.0164. The minimum absolute atomic E-state index is 0.156. The first kappa shape index (κ1) is 45.3. The van der Waals surface area contributed by atoms with E-state index in [0.29, 0.717) is 77.6 Å². The zero-order valence-corrected chi connectivity index (χ0v) is 36.4. The van der Waals surface area contributed by atoms with Gasteiger partial charge in [-0.2, -0.15) is 0 Å². The molecule has 5 aromatic carbocycles. The van der Waals surface area contributed by atoms with Gasteiger partial charge in [-0.25, -0.2) is 19.2 Å². The monoisotopic (exact) mass is 866 g/mol. The second-order valence-electron chi connectivity index (χ2n) is 16.2. The van der Waals surface area contributed by atoms with Crippen molar-refractivity contribution in [2.75, 3.05) is 26.4 Å². The van der Waals surface area contributed by atoms with Crippen LogP contribution in [0.3, 0.4) is 0 Å². The van der Waals surface area contributed by atoms with Gasteiger partial charge in [0.25, 0.3) is 0 Å². The number of allylic oxidation sites excluding steroid dienone is 4. The maximum atomic E-state index is 13.4. The molecule has 0 aromatic heterocycles. The SMILES string of the molecule is C=C(C)C(=O)OCCCCCCOc1ccc2cc(C(=O)OC3=CC=C(OC(=O)c4ccc5cc(OC(=O)c6ccc(OCCCC7CO7)cc6)ccc5c4)C(CCC)C3)ccc2c1. The van der Waals surface area contributed by atoms with Gasteiger partial charge in [0.15, 0.2) is 0 Å². The van der Waals surface area contributed by atoms with Gasteiger partial charge in [0, 0.05) is 17.9 Å². The Morgan fingerprint density at radius 1 is 0.594 bits per heavy atom. The van der Waals surface area contributed by atoms with Gasteiger partial charge in [0.2, 0.25) is 0 Å². The second-order valence-corrected chi connectivity index (χ2v) is 16.2. The van der Waals surface area contributed by atoms with E-state index in [2.05, 4.69) is 13.5 Å². The van der Waals surface area contributed by atoms with Crippen LogP contribution in [0, 0.1) is 5.92 Å². The molecule has 0 saturated carbocycles. The molecular weight excluding hydrogens is 813 g/mol. The van der Waals surface area contributed by atoms with Crippen molar-refractivity contribution in [2.24, 2.45) is 5.92 Å². The number of hydrogen-bond acceptors (Lipinski definition) is 11. The third kappa shape index (κ3) is 12.9. The topological polar surface area (TPSA) is 136 Å². The van der Waals surface area contributed by atoms with Crippen molar-refractivity contribution < 1.29 is 52.3 Å². The molecule has 1 fully saturated rings. The Morgan fingerprint density at radius 2 is 1.14 bits per heavy atom. The van der Waals surface area contributed by atoms with Crippen LogP contribution in [0.15, 0.2) is 133 Å². The van der Waals surface area contributed by atoms with E-state index in [1.807, 2.05) is 24.3 Å². The molecule has 332 valence electrons. The molecule has 11 nitrogen and oxygen atoms in total. The maximum Gasteiger partial charge on any atom is 0.343 e. The zero-order chi connectivity index (χ0) is 44.8. The highest BCUT2D eigenvalue weighted by atomic mass is 16.6. The van der Waals surface area contributed by atoms with Gasteiger partial charge in [0.1, 0.15) is 28.8 Å². The first-order valence-corrected chi connectivity index (χ1v) is 22.1. The zero-order valence-electron chi connectivity index (χ0n) is 36.4. The van der Waals surface area contributed by atoms with Crippen LogP contribution in [0.1, 0.15) is 103 Å². The average molecular weight is 867 g/mol. The number of carbonyl (C=O) groups excluding carboxylic acids is 4. The molecule has 0 bridgehead atoms. The van der Waals surface area contributed by atoms with Crippen molar-refractivity contribution >= 4 is 45.4 Å². The first-order valence-electron chi connectivity index (χ1n) is 22.1. The first-order chi connectivity index (χ1) is 31.1. The molecule has 2 unspecified atom stereocenters. The maximum absolute atomic E-state index is 13.4. The van der Waals surface area contributed by atoms with Gasteiger partial charge >= 0.3 is 23.9 Å². The normalized spacial score (nSPS) is 15.4. The Bertz CT molecular complexity index is 2550. The Labute approximate surface area is 373 Å². The van der Waals surface area contributed by atoms with E-state index < -0.39 is 17.9 Å². The van der Waals surface area contributed by atoms with Crippen LogP contribution in [0.4, 0.5) is 0 Å². The predicted octanol–water partition coefficient (Wildman–Crippen LogP) is 11.4. The van der Waals surface area contributed by atoms with E-state index in [1.54, 1.807) is 91.9 Å². The molecule has 2 aliphatic rings. The number of hydrogen-bond donors (Lipinski definition) is 0. The molecule has 11 heteroatoms. The van der Waals surface area contributed by atoms with E-state index in [4.69, 9.17) is 33.2 Å². The predicted molar refractivity (Wildman–Crippen MR) is 244 cm³/mol. The van der Waals surface area contributed by atoms with E-state index >= 15 is 0 Å². The van der Waals surface area contributed by atoms with Crippen LogP contribution in [-0.4, -0.2) is 56.4 Å². The van der Waals surface area contributed by atoms with Crippen LogP contribution < -0.4 is 14.2 Å². The molecule has 2 atom stereocenters. The second kappa shape index (κ2) is 22.1. The van der Waals surface area contributed by atoms with E-state index in [0.717, 1.165) is 85.3 Å². The fourth-order valence-electron chi connectivity index (χ4n) is 7.33. The van der Waals surface area contributed by atoms with Gasteiger partial charge in [-0.1, -0.05) is 44.2 Å². The molecular formula is C53H54O11. The van der Waals surface area contributed by atoms with Gasteiger partial charge in [-0.15, -0.1) is 0 Å². The van der Waals surface area contributed by atoms with Crippen LogP contribution in [-0.2, 0) is 23.7 Å². The molecule has 0 N–H and O–H groups in total. The van der Waals surface area contributed by atoms with Gasteiger partial charge in [-0.05, 0) is 158 Å². The summed E-state index contributed by atoms with van der Waals surface area (Å²) in [4.78, 5) is 51.1. The van der Waals surface area contributed by atoms with Crippen molar-refractivity contribution in [2.45, 2.75) is 77.7 Å². The summed E-state index contributed by atoms with van der Waals surface area (Å²) in [7, 11) is 0. The number of rotatable bonds is 22. The molecule has 1 heterocycles. The van der Waals surface area contributed by atoms with Gasteiger partial charge in [0.05, 0.1) is 49.2 Å². The van der Waals surface area contributed by atoms with Crippen LogP contribution in [0.5, 0.6) is 17.2 Å². The molecule has 0 amide bonds. The number of carbonyl (C=O) groups is 4. The fourth-order valence-corrected chi connectivity index (χ4v) is 7.33. The van der Waals surface area contributed by atoms with Crippen molar-refractivity contribution in [1.82, 2.24) is 0 Å². The van der Waals surface area contributed by atoms with Crippen molar-refractivity contribution in [3.05, 3.63) is 150 Å². The smallest absolute Gasteiger partial charge is 0.343 e. The lowest BCUT2D eigenvalue weighted by atomic mass is 9.92. The number of benzene rings is 5. The summed E-state index contributed by atoms with van der Waals surface area (Å²) in [6, 6.07) is 28.5. The molecule has 64 heavy (non-hydrogen) atoms. The van der Waals surface area contributed by atoms with Gasteiger partial charge in [-0.3, -0.25) is 0 Å². The summed E-state index contributed by atoms with van der Waals surface area (Å²) in [5.41, 5.74) is 1.61. The van der Waals surface area contributed by atoms with E-state index in [-0.39, 0.29) is 11.9 Å². The largest absolute Gasteiger partial charge is 0.494 e. The van der Waals surface area contributed by atoms with E-state index in [9.17, 15) is 19.2 Å². The lowest BCUT2D eigenvalue weighted by molar-refractivity contribution is -0.139. The summed E-state index contributed by atoms with van der Waals surface area (Å²) < 4.78 is 39.6. The number of epoxide rings is 1. The molecule has 1 aliphatic heterocycles. The minimum Gasteiger partial charge on any atom is -0.494 e. The third-order valence-electron chi connectivity index (χ3n) is 11.0. The van der Waals surface area contributed by atoms with Crippen molar-refractivity contribution in [3.63, 3.8) is 0 Å². The number of ether oxygens (including phenoxy) is 7. The fraction of sp³-hybridized carbons (Fsp3) is 0.321. The standard InChI is InChI=1S/C53H54O11/c1-4-10-41-33-47(63-52(56)42-14-12-39-31-45(22-18-37(39)29-42)59-26-7-5-6-8-27-60-50(54)35(2)3)24-25-49(41)64-53(57)43-15-13-40-32-46(23-19-38(40)30-43)62-51(55)36-16-20-44(21-17-36)58-28-9-11-48-34-61-48/h12-25,29-32,41,48H,2,4-11,26-28,33-34H2,1,3H3. The van der Waals surface area contributed by atoms with Crippen LogP contribution in [0.25, 0.3) is 21.5 Å². The van der Waals surface area contributed by atoms with E-state index in [1.165, 1.54) is 0 Å². The lowest BCUT2D eigenvalue weighted by Gasteiger charge is -2.24. The average Bonchev–Trinajstić information content (AvgIpc) is 4.14. The molecule has 7 rings (SSSR count). The summed E-state index contributed by atoms with van der Waals surface area (Å²) >= 11 is 0. The summed E-state index contributed by atoms with van der Waals surface area (Å²) in [6.07, 6.45) is 11.2. The Hall–Kier alpha value is -6.72. The summed E-state index contributed by atoms with van der Waals surface area (Å²) in [5, 5.41) is 3.39. The molecule has 5 aromatic rings. The van der Waals surface area contributed by atoms with Crippen molar-refractivity contribution in [1.29, 1.82) is 0 Å². The molecule has 1 saturated heterocycles. The Kier molecular flexibility index (Phi) is 15.6. The number of fused-ring (bicyclic) bond motifs is 2. The van der Waals surface area contributed by atoms with Crippen LogP contribution >= 0.6 is 0 Å². The number of unbranched alkanes of at least 4 members (excludes halogenated alkanes) is 3. The highest BCUT2D eigenvalue weighted by Crippen LogP contribution is 2.33. The molecule has 1 aliphatic carbocycles.